The number of amides is 2. The van der Waals surface area contributed by atoms with Gasteiger partial charge < -0.3 is 10.1 Å². The number of amidine groups is 1. The Morgan fingerprint density at radius 1 is 1.09 bits per heavy atom. The van der Waals surface area contributed by atoms with Crippen LogP contribution in [-0.2, 0) is 9.59 Å². The molecule has 0 unspecified atom stereocenters. The number of halogens is 3. The molecule has 10 heteroatoms. The van der Waals surface area contributed by atoms with Gasteiger partial charge in [-0.15, -0.1) is 0 Å². The quantitative estimate of drug-likeness (QED) is 0.382. The third kappa shape index (κ3) is 5.41. The number of hydrogen-bond donors (Lipinski definition) is 2. The van der Waals surface area contributed by atoms with Crippen LogP contribution >= 0.6 is 35.0 Å². The number of para-hydroxylation sites is 1. The lowest BCUT2D eigenvalue weighted by Gasteiger charge is -2.15. The van der Waals surface area contributed by atoms with E-state index in [4.69, 9.17) is 33.3 Å². The molecule has 1 aliphatic rings. The molecule has 2 N–H and O–H groups in total. The summed E-state index contributed by atoms with van der Waals surface area (Å²) >= 11 is 13.0. The second-order valence-electron chi connectivity index (χ2n) is 7.04. The molecular weight excluding hydrogens is 500 g/mol. The maximum absolute atomic E-state index is 13.0. The van der Waals surface area contributed by atoms with Crippen LogP contribution in [0.4, 0.5) is 15.8 Å². The first-order valence-corrected chi connectivity index (χ1v) is 11.4. The summed E-state index contributed by atoms with van der Waals surface area (Å²) in [4.78, 5) is 26.8. The van der Waals surface area contributed by atoms with Gasteiger partial charge in [-0.05, 0) is 66.4 Å². The van der Waals surface area contributed by atoms with Crippen LogP contribution in [0.5, 0.6) is 5.75 Å². The van der Waals surface area contributed by atoms with Crippen LogP contribution in [0.3, 0.4) is 0 Å². The molecule has 0 saturated carbocycles. The zero-order chi connectivity index (χ0) is 24.2. The van der Waals surface area contributed by atoms with E-state index in [1.54, 1.807) is 42.5 Å². The topological polar surface area (TPSA) is 82.5 Å². The number of rotatable bonds is 6. The Morgan fingerprint density at radius 2 is 1.82 bits per heavy atom. The summed E-state index contributed by atoms with van der Waals surface area (Å²) < 4.78 is 18.7. The van der Waals surface area contributed by atoms with Crippen molar-refractivity contribution in [2.45, 2.75) is 0 Å². The van der Waals surface area contributed by atoms with Crippen molar-refractivity contribution in [3.63, 3.8) is 0 Å². The predicted octanol–water partition coefficient (Wildman–Crippen LogP) is 6.21. The monoisotopic (exact) mass is 515 g/mol. The van der Waals surface area contributed by atoms with Crippen molar-refractivity contribution in [1.82, 2.24) is 0 Å². The lowest BCUT2D eigenvalue weighted by molar-refractivity contribution is -0.118. The van der Waals surface area contributed by atoms with E-state index in [-0.39, 0.29) is 16.8 Å². The second kappa shape index (κ2) is 10.3. The van der Waals surface area contributed by atoms with Crippen molar-refractivity contribution >= 4 is 69.4 Å². The number of ether oxygens (including phenoxy) is 1. The molecule has 0 aliphatic carbocycles. The molecule has 34 heavy (non-hydrogen) atoms. The lowest BCUT2D eigenvalue weighted by atomic mass is 10.2. The van der Waals surface area contributed by atoms with E-state index in [9.17, 15) is 14.0 Å². The van der Waals surface area contributed by atoms with Crippen LogP contribution in [0.2, 0.25) is 10.0 Å². The van der Waals surface area contributed by atoms with Crippen molar-refractivity contribution < 1.29 is 18.7 Å². The summed E-state index contributed by atoms with van der Waals surface area (Å²) in [7, 11) is 0. The number of thioether (sulfide) groups is 1. The van der Waals surface area contributed by atoms with Gasteiger partial charge in [0.05, 0.1) is 20.6 Å². The highest BCUT2D eigenvalue weighted by molar-refractivity contribution is 8.19. The van der Waals surface area contributed by atoms with Crippen LogP contribution in [0.15, 0.2) is 71.6 Å². The van der Waals surface area contributed by atoms with E-state index in [0.29, 0.717) is 32.6 Å². The zero-order valence-electron chi connectivity index (χ0n) is 17.3. The minimum Gasteiger partial charge on any atom is -0.483 e. The number of carbonyl (C=O) groups excluding carboxylic acids is 2. The molecular formula is C24H16Cl2FN3O3S. The average molecular weight is 516 g/mol. The van der Waals surface area contributed by atoms with Gasteiger partial charge >= 0.3 is 0 Å². The number of hydrogen-bond acceptors (Lipinski definition) is 5. The maximum Gasteiger partial charge on any atom is 0.271 e. The van der Waals surface area contributed by atoms with Crippen LogP contribution in [0.1, 0.15) is 5.56 Å². The molecule has 6 nitrogen and oxygen atoms in total. The Morgan fingerprint density at radius 3 is 2.56 bits per heavy atom. The number of nitrogens with one attached hydrogen (secondary N) is 2. The minimum atomic E-state index is -0.423. The predicted molar refractivity (Wildman–Crippen MR) is 134 cm³/mol. The summed E-state index contributed by atoms with van der Waals surface area (Å²) in [6.45, 7) is -0.288. The highest BCUT2D eigenvalue weighted by Gasteiger charge is 2.34. The van der Waals surface area contributed by atoms with Crippen molar-refractivity contribution in [3.8, 4) is 5.75 Å². The van der Waals surface area contributed by atoms with Gasteiger partial charge in [-0.2, -0.15) is 0 Å². The first kappa shape index (κ1) is 23.8. The summed E-state index contributed by atoms with van der Waals surface area (Å²) in [5.41, 5.74) is 1.44. The fraction of sp³-hybridized carbons (Fsp3) is 0.0417. The lowest BCUT2D eigenvalue weighted by Crippen LogP contribution is -2.28. The van der Waals surface area contributed by atoms with Gasteiger partial charge in [-0.3, -0.25) is 19.9 Å². The summed E-state index contributed by atoms with van der Waals surface area (Å²) in [6.07, 6.45) is 1.60. The van der Waals surface area contributed by atoms with Gasteiger partial charge in [-0.25, -0.2) is 4.39 Å². The zero-order valence-corrected chi connectivity index (χ0v) is 19.7. The van der Waals surface area contributed by atoms with E-state index in [1.807, 2.05) is 0 Å². The number of nitrogens with zero attached hydrogens (tertiary/aromatic N) is 1. The average Bonchev–Trinajstić information content (AvgIpc) is 3.09. The highest BCUT2D eigenvalue weighted by atomic mass is 35.5. The molecule has 4 rings (SSSR count). The molecule has 0 radical (unpaired) electrons. The standard InChI is InChI=1S/C24H16Cl2FN3O3S/c25-18-10-9-17(12-19(18)26)30-23(32)21(34-24(30)28)11-14-3-1-2-4-20(14)33-13-22(31)29-16-7-5-15(27)6-8-16/h1-12,28H,13H2,(H,29,31)/b21-11-,28-24?. The number of benzene rings is 3. The third-order valence-electron chi connectivity index (χ3n) is 4.68. The summed E-state index contributed by atoms with van der Waals surface area (Å²) in [6, 6.07) is 17.0. The molecule has 3 aromatic carbocycles. The molecule has 3 aromatic rings. The van der Waals surface area contributed by atoms with Crippen molar-refractivity contribution in [3.05, 3.63) is 93.1 Å². The molecule has 1 heterocycles. The molecule has 0 bridgehead atoms. The van der Waals surface area contributed by atoms with Gasteiger partial charge in [0.15, 0.2) is 11.8 Å². The Hall–Kier alpha value is -3.33. The Labute approximate surface area is 208 Å². The number of anilines is 2. The second-order valence-corrected chi connectivity index (χ2v) is 8.88. The Kier molecular flexibility index (Phi) is 7.21. The molecule has 172 valence electrons. The van der Waals surface area contributed by atoms with Crippen molar-refractivity contribution in [1.29, 1.82) is 5.41 Å². The van der Waals surface area contributed by atoms with Gasteiger partial charge in [0, 0.05) is 11.3 Å². The SMILES string of the molecule is N=C1S/C(=C\c2ccccc2OCC(=O)Nc2ccc(F)cc2)C(=O)N1c1ccc(Cl)c(Cl)c1. The van der Waals surface area contributed by atoms with Crippen molar-refractivity contribution in [2.75, 3.05) is 16.8 Å². The minimum absolute atomic E-state index is 0.0201. The number of carbonyl (C=O) groups is 2. The van der Waals surface area contributed by atoms with Gasteiger partial charge in [0.1, 0.15) is 11.6 Å². The Bertz CT molecular complexity index is 1320. The fourth-order valence-electron chi connectivity index (χ4n) is 3.09. The van der Waals surface area contributed by atoms with E-state index in [2.05, 4.69) is 5.32 Å². The molecule has 0 aromatic heterocycles. The third-order valence-corrected chi connectivity index (χ3v) is 6.30. The molecule has 0 spiro atoms. The van der Waals surface area contributed by atoms with Crippen molar-refractivity contribution in [2.24, 2.45) is 0 Å². The molecule has 1 fully saturated rings. The fourth-order valence-corrected chi connectivity index (χ4v) is 4.24. The highest BCUT2D eigenvalue weighted by Crippen LogP contribution is 2.38. The normalized spacial score (nSPS) is 14.6. The first-order valence-electron chi connectivity index (χ1n) is 9.86. The maximum atomic E-state index is 13.0. The summed E-state index contributed by atoms with van der Waals surface area (Å²) in [5, 5.41) is 11.5. The van der Waals surface area contributed by atoms with E-state index in [1.165, 1.54) is 35.2 Å². The molecule has 1 aliphatic heterocycles. The smallest absolute Gasteiger partial charge is 0.271 e. The Balaban J connectivity index is 1.48. The van der Waals surface area contributed by atoms with Crippen LogP contribution in [-0.4, -0.2) is 23.6 Å². The van der Waals surface area contributed by atoms with E-state index < -0.39 is 17.6 Å². The molecule has 2 amide bonds. The van der Waals surface area contributed by atoms with E-state index >= 15 is 0 Å². The molecule has 1 saturated heterocycles. The van der Waals surface area contributed by atoms with E-state index in [0.717, 1.165) is 11.8 Å². The van der Waals surface area contributed by atoms with Gasteiger partial charge in [0.2, 0.25) is 0 Å². The first-order chi connectivity index (χ1) is 16.3. The van der Waals surface area contributed by atoms with Crippen LogP contribution in [0, 0.1) is 11.2 Å². The van der Waals surface area contributed by atoms with Gasteiger partial charge in [-0.1, -0.05) is 41.4 Å². The largest absolute Gasteiger partial charge is 0.483 e. The van der Waals surface area contributed by atoms with Crippen LogP contribution < -0.4 is 15.0 Å². The van der Waals surface area contributed by atoms with Gasteiger partial charge in [0.25, 0.3) is 11.8 Å². The van der Waals surface area contributed by atoms with Crippen LogP contribution in [0.25, 0.3) is 6.08 Å². The summed E-state index contributed by atoms with van der Waals surface area (Å²) in [5.74, 6) is -0.830. The molecule has 0 atom stereocenters.